The van der Waals surface area contributed by atoms with Gasteiger partial charge < -0.3 is 10.3 Å². The fourth-order valence-electron chi connectivity index (χ4n) is 1.81. The normalized spacial score (nSPS) is 10.4. The van der Waals surface area contributed by atoms with Gasteiger partial charge in [0.15, 0.2) is 0 Å². The van der Waals surface area contributed by atoms with Gasteiger partial charge in [-0.3, -0.25) is 14.5 Å². The Morgan fingerprint density at radius 2 is 2.05 bits per heavy atom. The van der Waals surface area contributed by atoms with Crippen LogP contribution in [0.1, 0.15) is 10.4 Å². The van der Waals surface area contributed by atoms with Crippen molar-refractivity contribution in [2.75, 3.05) is 5.32 Å². The lowest BCUT2D eigenvalue weighted by molar-refractivity contribution is 0.102. The van der Waals surface area contributed by atoms with Crippen molar-refractivity contribution in [3.63, 3.8) is 0 Å². The van der Waals surface area contributed by atoms with Crippen molar-refractivity contribution in [3.8, 4) is 5.69 Å². The Morgan fingerprint density at radius 3 is 2.65 bits per heavy atom. The lowest BCUT2D eigenvalue weighted by atomic mass is 10.2. The van der Waals surface area contributed by atoms with Crippen LogP contribution in [0, 0.1) is 0 Å². The van der Waals surface area contributed by atoms with Crippen LogP contribution in [0.4, 0.5) is 5.69 Å². The summed E-state index contributed by atoms with van der Waals surface area (Å²) in [4.78, 5) is 25.8. The van der Waals surface area contributed by atoms with Crippen molar-refractivity contribution in [2.24, 2.45) is 0 Å². The predicted octanol–water partition coefficient (Wildman–Crippen LogP) is 1.14. The maximum atomic E-state index is 11.8. The zero-order valence-corrected chi connectivity index (χ0v) is 10.3. The van der Waals surface area contributed by atoms with E-state index in [0.717, 1.165) is 5.69 Å². The van der Waals surface area contributed by atoms with Crippen LogP contribution in [0.5, 0.6) is 0 Å². The molecule has 0 aliphatic heterocycles. The first kappa shape index (κ1) is 12.0. The Hall–Kier alpha value is -3.09. The van der Waals surface area contributed by atoms with E-state index in [2.05, 4.69) is 20.5 Å². The summed E-state index contributed by atoms with van der Waals surface area (Å²) < 4.78 is 1.47. The Labute approximate surface area is 113 Å². The second-order valence-electron chi connectivity index (χ2n) is 4.12. The molecule has 3 N–H and O–H groups in total. The second-order valence-corrected chi connectivity index (χ2v) is 4.12. The number of aromatic amines is 2. The number of H-pyrrole nitrogens is 2. The summed E-state index contributed by atoms with van der Waals surface area (Å²) >= 11 is 0. The average Bonchev–Trinajstić information content (AvgIpc) is 3.11. The number of imidazole rings is 1. The lowest BCUT2D eigenvalue weighted by Crippen LogP contribution is -2.14. The van der Waals surface area contributed by atoms with Gasteiger partial charge in [-0.25, -0.2) is 4.79 Å². The van der Waals surface area contributed by atoms with Crippen molar-refractivity contribution >= 4 is 11.6 Å². The van der Waals surface area contributed by atoms with Crippen LogP contribution in [0.3, 0.4) is 0 Å². The minimum absolute atomic E-state index is 0.208. The summed E-state index contributed by atoms with van der Waals surface area (Å²) in [6.07, 6.45) is 6.17. The summed E-state index contributed by atoms with van der Waals surface area (Å²) in [5.41, 5.74) is 1.61. The minimum atomic E-state index is -0.245. The number of nitrogens with one attached hydrogen (secondary N) is 3. The van der Waals surface area contributed by atoms with Crippen LogP contribution in [-0.2, 0) is 0 Å². The molecule has 3 rings (SSSR count). The van der Waals surface area contributed by atoms with E-state index in [-0.39, 0.29) is 11.6 Å². The van der Waals surface area contributed by atoms with Gasteiger partial charge in [0.1, 0.15) is 0 Å². The van der Waals surface area contributed by atoms with E-state index in [1.54, 1.807) is 36.7 Å². The van der Waals surface area contributed by atoms with E-state index < -0.39 is 0 Å². The highest BCUT2D eigenvalue weighted by atomic mass is 16.2. The zero-order chi connectivity index (χ0) is 13.9. The minimum Gasteiger partial charge on any atom is -0.322 e. The first-order valence-electron chi connectivity index (χ1n) is 5.90. The summed E-state index contributed by atoms with van der Waals surface area (Å²) in [5.74, 6) is -0.245. The quantitative estimate of drug-likeness (QED) is 0.665. The molecular weight excluding hydrogens is 258 g/mol. The molecule has 0 aliphatic carbocycles. The number of benzene rings is 1. The summed E-state index contributed by atoms with van der Waals surface area (Å²) in [5, 5.41) is 9.03. The Balaban J connectivity index is 1.79. The zero-order valence-electron chi connectivity index (χ0n) is 10.3. The number of carbonyl (C=O) groups is 1. The van der Waals surface area contributed by atoms with E-state index in [1.807, 2.05) is 0 Å². The monoisotopic (exact) mass is 269 g/mol. The lowest BCUT2D eigenvalue weighted by Gasteiger charge is -2.05. The summed E-state index contributed by atoms with van der Waals surface area (Å²) in [6, 6.07) is 6.96. The van der Waals surface area contributed by atoms with Crippen LogP contribution in [0.2, 0.25) is 0 Å². The molecule has 0 bridgehead atoms. The van der Waals surface area contributed by atoms with Crippen molar-refractivity contribution in [3.05, 3.63) is 65.1 Å². The van der Waals surface area contributed by atoms with Gasteiger partial charge in [-0.15, -0.1) is 0 Å². The molecule has 0 aliphatic rings. The smallest absolute Gasteiger partial charge is 0.322 e. The average molecular weight is 269 g/mol. The van der Waals surface area contributed by atoms with Crippen LogP contribution in [0.15, 0.2) is 53.8 Å². The number of anilines is 1. The number of rotatable bonds is 3. The highest BCUT2D eigenvalue weighted by Gasteiger charge is 2.07. The molecule has 100 valence electrons. The highest BCUT2D eigenvalue weighted by molar-refractivity contribution is 6.03. The van der Waals surface area contributed by atoms with Gasteiger partial charge in [0, 0.05) is 24.3 Å². The molecule has 1 aromatic carbocycles. The molecule has 20 heavy (non-hydrogen) atoms. The molecule has 0 saturated heterocycles. The van der Waals surface area contributed by atoms with E-state index in [1.165, 1.54) is 17.0 Å². The van der Waals surface area contributed by atoms with Gasteiger partial charge in [0.05, 0.1) is 17.4 Å². The number of amides is 1. The number of nitrogens with zero attached hydrogens (tertiary/aromatic N) is 2. The molecule has 0 unspecified atom stereocenters. The second kappa shape index (κ2) is 4.88. The molecule has 1 amide bonds. The third-order valence-corrected chi connectivity index (χ3v) is 2.81. The standard InChI is InChI=1S/C13H11N5O2/c19-12(9-7-15-16-8-9)17-10-1-3-11(4-2-10)18-6-5-14-13(18)20/h1-8H,(H,14,20)(H,15,16)(H,17,19). The number of carbonyl (C=O) groups excluding carboxylic acids is 1. The maximum Gasteiger partial charge on any atom is 0.330 e. The van der Waals surface area contributed by atoms with Crippen molar-refractivity contribution in [2.45, 2.75) is 0 Å². The summed E-state index contributed by atoms with van der Waals surface area (Å²) in [7, 11) is 0. The molecule has 0 fully saturated rings. The fourth-order valence-corrected chi connectivity index (χ4v) is 1.81. The van der Waals surface area contributed by atoms with Crippen LogP contribution in [-0.4, -0.2) is 25.7 Å². The van der Waals surface area contributed by atoms with Crippen LogP contribution >= 0.6 is 0 Å². The van der Waals surface area contributed by atoms with E-state index in [4.69, 9.17) is 0 Å². The molecular formula is C13H11N5O2. The molecule has 0 radical (unpaired) electrons. The number of aromatic nitrogens is 4. The largest absolute Gasteiger partial charge is 0.330 e. The third-order valence-electron chi connectivity index (χ3n) is 2.81. The Bertz CT molecular complexity index is 768. The van der Waals surface area contributed by atoms with Gasteiger partial charge in [0.25, 0.3) is 5.91 Å². The Kier molecular flexibility index (Phi) is 2.92. The molecule has 7 nitrogen and oxygen atoms in total. The highest BCUT2D eigenvalue weighted by Crippen LogP contribution is 2.13. The van der Waals surface area contributed by atoms with Gasteiger partial charge in [0.2, 0.25) is 0 Å². The summed E-state index contributed by atoms with van der Waals surface area (Å²) in [6.45, 7) is 0. The molecule has 0 atom stereocenters. The van der Waals surface area contributed by atoms with Gasteiger partial charge in [-0.2, -0.15) is 5.10 Å². The van der Waals surface area contributed by atoms with E-state index in [9.17, 15) is 9.59 Å². The molecule has 0 saturated carbocycles. The van der Waals surface area contributed by atoms with Gasteiger partial charge in [-0.1, -0.05) is 0 Å². The molecule has 0 spiro atoms. The van der Waals surface area contributed by atoms with Crippen molar-refractivity contribution < 1.29 is 4.79 Å². The Morgan fingerprint density at radius 1 is 1.25 bits per heavy atom. The van der Waals surface area contributed by atoms with Gasteiger partial charge >= 0.3 is 5.69 Å². The third kappa shape index (κ3) is 2.24. The predicted molar refractivity (Wildman–Crippen MR) is 72.9 cm³/mol. The van der Waals surface area contributed by atoms with E-state index in [0.29, 0.717) is 11.3 Å². The number of hydrogen-bond acceptors (Lipinski definition) is 3. The SMILES string of the molecule is O=C(Nc1ccc(-n2cc[nH]c2=O)cc1)c1cn[nH]c1. The first-order valence-corrected chi connectivity index (χ1v) is 5.90. The molecule has 2 heterocycles. The van der Waals surface area contributed by atoms with Crippen molar-refractivity contribution in [1.29, 1.82) is 0 Å². The fraction of sp³-hybridized carbons (Fsp3) is 0. The first-order chi connectivity index (χ1) is 9.74. The maximum absolute atomic E-state index is 11.8. The van der Waals surface area contributed by atoms with Crippen LogP contribution in [0.25, 0.3) is 5.69 Å². The van der Waals surface area contributed by atoms with Gasteiger partial charge in [-0.05, 0) is 24.3 Å². The van der Waals surface area contributed by atoms with Crippen LogP contribution < -0.4 is 11.0 Å². The molecule has 7 heteroatoms. The number of hydrogen-bond donors (Lipinski definition) is 3. The molecule has 3 aromatic rings. The molecule has 2 aromatic heterocycles. The topological polar surface area (TPSA) is 95.6 Å². The van der Waals surface area contributed by atoms with E-state index >= 15 is 0 Å². The van der Waals surface area contributed by atoms with Crippen molar-refractivity contribution in [1.82, 2.24) is 19.7 Å².